The Bertz CT molecular complexity index is 660. The maximum absolute atomic E-state index is 12.0. The van der Waals surface area contributed by atoms with Crippen molar-refractivity contribution in [3.05, 3.63) is 46.0 Å². The summed E-state index contributed by atoms with van der Waals surface area (Å²) in [7, 11) is 0. The molecule has 6 nitrogen and oxygen atoms in total. The van der Waals surface area contributed by atoms with Crippen molar-refractivity contribution >= 4 is 5.97 Å². The fourth-order valence-corrected chi connectivity index (χ4v) is 1.91. The molecule has 0 saturated heterocycles. The SMILES string of the molecule is Cc1oc(C(=O)O)cc1Cn1ccn(C(C)C)c1=O. The molecule has 0 aliphatic rings. The zero-order chi connectivity index (χ0) is 14.2. The third kappa shape index (κ3) is 2.47. The van der Waals surface area contributed by atoms with Crippen molar-refractivity contribution in [3.8, 4) is 0 Å². The van der Waals surface area contributed by atoms with E-state index in [1.165, 1.54) is 10.6 Å². The number of aromatic nitrogens is 2. The van der Waals surface area contributed by atoms with Gasteiger partial charge in [-0.2, -0.15) is 0 Å². The molecule has 102 valence electrons. The average Bonchev–Trinajstić information content (AvgIpc) is 2.85. The van der Waals surface area contributed by atoms with Crippen molar-refractivity contribution in [1.82, 2.24) is 9.13 Å². The summed E-state index contributed by atoms with van der Waals surface area (Å²) in [6.45, 7) is 5.85. The highest BCUT2D eigenvalue weighted by Crippen LogP contribution is 2.15. The van der Waals surface area contributed by atoms with Gasteiger partial charge in [-0.05, 0) is 26.8 Å². The van der Waals surface area contributed by atoms with Gasteiger partial charge in [-0.3, -0.25) is 9.13 Å². The number of hydrogen-bond acceptors (Lipinski definition) is 3. The van der Waals surface area contributed by atoms with E-state index in [0.717, 1.165) is 0 Å². The number of carboxylic acids is 1. The van der Waals surface area contributed by atoms with Gasteiger partial charge in [0.15, 0.2) is 0 Å². The number of carboxylic acid groups (broad SMARTS) is 1. The number of rotatable bonds is 4. The molecule has 19 heavy (non-hydrogen) atoms. The van der Waals surface area contributed by atoms with E-state index < -0.39 is 5.97 Å². The van der Waals surface area contributed by atoms with Gasteiger partial charge in [0.05, 0.1) is 6.54 Å². The van der Waals surface area contributed by atoms with Gasteiger partial charge < -0.3 is 9.52 Å². The Morgan fingerprint density at radius 2 is 2.11 bits per heavy atom. The molecule has 0 aromatic carbocycles. The predicted octanol–water partition coefficient (Wildman–Crippen LogP) is 1.88. The molecular formula is C13H16N2O4. The highest BCUT2D eigenvalue weighted by atomic mass is 16.4. The molecule has 2 rings (SSSR count). The molecule has 0 radical (unpaired) electrons. The first kappa shape index (κ1) is 13.2. The van der Waals surface area contributed by atoms with Crippen molar-refractivity contribution < 1.29 is 14.3 Å². The van der Waals surface area contributed by atoms with E-state index in [2.05, 4.69) is 0 Å². The molecule has 0 saturated carbocycles. The van der Waals surface area contributed by atoms with Crippen molar-refractivity contribution in [3.63, 3.8) is 0 Å². The van der Waals surface area contributed by atoms with Crippen LogP contribution in [0.15, 0.2) is 27.7 Å². The third-order valence-corrected chi connectivity index (χ3v) is 3.00. The molecule has 0 unspecified atom stereocenters. The lowest BCUT2D eigenvalue weighted by Gasteiger charge is -2.04. The van der Waals surface area contributed by atoms with Crippen LogP contribution in [0.4, 0.5) is 0 Å². The highest BCUT2D eigenvalue weighted by molar-refractivity contribution is 5.84. The number of imidazole rings is 1. The smallest absolute Gasteiger partial charge is 0.371 e. The Balaban J connectivity index is 2.31. The van der Waals surface area contributed by atoms with Gasteiger partial charge in [0.1, 0.15) is 5.76 Å². The molecule has 0 spiro atoms. The number of furan rings is 1. The molecule has 0 fully saturated rings. The van der Waals surface area contributed by atoms with Gasteiger partial charge >= 0.3 is 11.7 Å². The summed E-state index contributed by atoms with van der Waals surface area (Å²) in [5, 5.41) is 8.85. The summed E-state index contributed by atoms with van der Waals surface area (Å²) < 4.78 is 8.27. The average molecular weight is 264 g/mol. The van der Waals surface area contributed by atoms with E-state index >= 15 is 0 Å². The van der Waals surface area contributed by atoms with Crippen LogP contribution in [-0.4, -0.2) is 20.2 Å². The maximum Gasteiger partial charge on any atom is 0.371 e. The quantitative estimate of drug-likeness (QED) is 0.914. The molecular weight excluding hydrogens is 248 g/mol. The van der Waals surface area contributed by atoms with Crippen LogP contribution in [0.3, 0.4) is 0 Å². The lowest BCUT2D eigenvalue weighted by Crippen LogP contribution is -2.25. The molecule has 0 bridgehead atoms. The number of nitrogens with zero attached hydrogens (tertiary/aromatic N) is 2. The number of aryl methyl sites for hydroxylation is 1. The maximum atomic E-state index is 12.0. The van der Waals surface area contributed by atoms with Gasteiger partial charge in [-0.15, -0.1) is 0 Å². The summed E-state index contributed by atoms with van der Waals surface area (Å²) in [4.78, 5) is 22.9. The second kappa shape index (κ2) is 4.79. The zero-order valence-electron chi connectivity index (χ0n) is 11.1. The van der Waals surface area contributed by atoms with Crippen molar-refractivity contribution in [2.45, 2.75) is 33.4 Å². The molecule has 2 aromatic rings. The zero-order valence-corrected chi connectivity index (χ0v) is 11.1. The summed E-state index contributed by atoms with van der Waals surface area (Å²) >= 11 is 0. The fraction of sp³-hybridized carbons (Fsp3) is 0.385. The van der Waals surface area contributed by atoms with E-state index in [9.17, 15) is 9.59 Å². The molecule has 2 aromatic heterocycles. The summed E-state index contributed by atoms with van der Waals surface area (Å²) in [5.74, 6) is -0.702. The number of carbonyl (C=O) groups is 1. The Hall–Kier alpha value is -2.24. The van der Waals surface area contributed by atoms with Crippen LogP contribution < -0.4 is 5.69 Å². The molecule has 0 atom stereocenters. The summed E-state index contributed by atoms with van der Waals surface area (Å²) in [5.41, 5.74) is 0.577. The molecule has 1 N–H and O–H groups in total. The van der Waals surface area contributed by atoms with Crippen LogP contribution >= 0.6 is 0 Å². The van der Waals surface area contributed by atoms with Crippen molar-refractivity contribution in [2.24, 2.45) is 0 Å². The standard InChI is InChI=1S/C13H16N2O4/c1-8(2)15-5-4-14(13(15)18)7-10-6-11(12(16)17)19-9(10)3/h4-6,8H,7H2,1-3H3,(H,16,17). The first-order valence-corrected chi connectivity index (χ1v) is 6.00. The normalized spacial score (nSPS) is 11.2. The Morgan fingerprint density at radius 1 is 1.42 bits per heavy atom. The van der Waals surface area contributed by atoms with Crippen LogP contribution in [0.25, 0.3) is 0 Å². The van der Waals surface area contributed by atoms with Crippen LogP contribution in [0.2, 0.25) is 0 Å². The van der Waals surface area contributed by atoms with Crippen LogP contribution in [0.1, 0.15) is 41.8 Å². The highest BCUT2D eigenvalue weighted by Gasteiger charge is 2.14. The van der Waals surface area contributed by atoms with Gasteiger partial charge in [-0.1, -0.05) is 0 Å². The van der Waals surface area contributed by atoms with E-state index in [1.807, 2.05) is 13.8 Å². The second-order valence-corrected chi connectivity index (χ2v) is 4.71. The molecule has 2 heterocycles. The van der Waals surface area contributed by atoms with E-state index in [-0.39, 0.29) is 17.5 Å². The van der Waals surface area contributed by atoms with Crippen LogP contribution in [-0.2, 0) is 6.54 Å². The minimum Gasteiger partial charge on any atom is -0.475 e. The molecule has 6 heteroatoms. The van der Waals surface area contributed by atoms with Crippen molar-refractivity contribution in [1.29, 1.82) is 0 Å². The summed E-state index contributed by atoms with van der Waals surface area (Å²) in [6.07, 6.45) is 3.41. The lowest BCUT2D eigenvalue weighted by molar-refractivity contribution is 0.0661. The molecule has 0 amide bonds. The van der Waals surface area contributed by atoms with Gasteiger partial charge in [0.2, 0.25) is 5.76 Å². The molecule has 0 aliphatic carbocycles. The Morgan fingerprint density at radius 3 is 2.58 bits per heavy atom. The van der Waals surface area contributed by atoms with Gasteiger partial charge in [-0.25, -0.2) is 9.59 Å². The van der Waals surface area contributed by atoms with E-state index in [4.69, 9.17) is 9.52 Å². The minimum absolute atomic E-state index is 0.0915. The second-order valence-electron chi connectivity index (χ2n) is 4.71. The van der Waals surface area contributed by atoms with E-state index in [0.29, 0.717) is 17.9 Å². The number of aromatic carboxylic acids is 1. The van der Waals surface area contributed by atoms with Gasteiger partial charge in [0, 0.05) is 24.0 Å². The Kier molecular flexibility index (Phi) is 3.33. The number of hydrogen-bond donors (Lipinski definition) is 1. The third-order valence-electron chi connectivity index (χ3n) is 3.00. The lowest BCUT2D eigenvalue weighted by atomic mass is 10.2. The first-order valence-electron chi connectivity index (χ1n) is 6.00. The molecule has 0 aliphatic heterocycles. The van der Waals surface area contributed by atoms with Crippen LogP contribution in [0, 0.1) is 6.92 Å². The predicted molar refractivity (Wildman–Crippen MR) is 68.6 cm³/mol. The topological polar surface area (TPSA) is 77.4 Å². The van der Waals surface area contributed by atoms with E-state index in [1.54, 1.807) is 23.9 Å². The largest absolute Gasteiger partial charge is 0.475 e. The minimum atomic E-state index is -1.11. The van der Waals surface area contributed by atoms with Crippen LogP contribution in [0.5, 0.6) is 0 Å². The Labute approximate surface area is 109 Å². The summed E-state index contributed by atoms with van der Waals surface area (Å²) in [6, 6.07) is 1.55. The van der Waals surface area contributed by atoms with Gasteiger partial charge in [0.25, 0.3) is 0 Å². The fourth-order valence-electron chi connectivity index (χ4n) is 1.91. The first-order chi connectivity index (χ1) is 8.90. The van der Waals surface area contributed by atoms with Crippen molar-refractivity contribution in [2.75, 3.05) is 0 Å². The monoisotopic (exact) mass is 264 g/mol.